The SMILES string of the molecule is COc1ccc(C(=O)C2C3CCC(C3)C2N)cc1. The fraction of sp³-hybridized carbons (Fsp3) is 0.533. The highest BCUT2D eigenvalue weighted by atomic mass is 16.5. The Kier molecular flexibility index (Phi) is 2.86. The van der Waals surface area contributed by atoms with Crippen LogP contribution in [-0.2, 0) is 0 Å². The first kappa shape index (κ1) is 11.7. The summed E-state index contributed by atoms with van der Waals surface area (Å²) in [6, 6.07) is 7.44. The van der Waals surface area contributed by atoms with Gasteiger partial charge < -0.3 is 10.5 Å². The molecule has 4 atom stereocenters. The van der Waals surface area contributed by atoms with Crippen LogP contribution in [0.4, 0.5) is 0 Å². The minimum Gasteiger partial charge on any atom is -0.497 e. The highest BCUT2D eigenvalue weighted by Crippen LogP contribution is 2.48. The van der Waals surface area contributed by atoms with Crippen LogP contribution in [0.1, 0.15) is 29.6 Å². The smallest absolute Gasteiger partial charge is 0.167 e. The van der Waals surface area contributed by atoms with Crippen molar-refractivity contribution in [1.82, 2.24) is 0 Å². The molecule has 0 amide bonds. The summed E-state index contributed by atoms with van der Waals surface area (Å²) in [4.78, 5) is 12.5. The average molecular weight is 245 g/mol. The minimum absolute atomic E-state index is 0.0390. The zero-order valence-corrected chi connectivity index (χ0v) is 10.6. The molecular formula is C15H19NO2. The van der Waals surface area contributed by atoms with Gasteiger partial charge in [0.05, 0.1) is 7.11 Å². The van der Waals surface area contributed by atoms with Crippen LogP contribution in [0.2, 0.25) is 0 Å². The molecule has 2 aliphatic rings. The Labute approximate surface area is 107 Å². The third-order valence-corrected chi connectivity index (χ3v) is 4.66. The maximum absolute atomic E-state index is 12.5. The van der Waals surface area contributed by atoms with Gasteiger partial charge in [-0.1, -0.05) is 0 Å². The van der Waals surface area contributed by atoms with Crippen LogP contribution in [0.25, 0.3) is 0 Å². The molecule has 0 spiro atoms. The van der Waals surface area contributed by atoms with Gasteiger partial charge in [-0.25, -0.2) is 0 Å². The molecule has 3 heteroatoms. The molecule has 18 heavy (non-hydrogen) atoms. The lowest BCUT2D eigenvalue weighted by atomic mass is 9.80. The summed E-state index contributed by atoms with van der Waals surface area (Å²) in [6.07, 6.45) is 3.52. The van der Waals surface area contributed by atoms with Gasteiger partial charge in [0.1, 0.15) is 5.75 Å². The number of carbonyl (C=O) groups excluding carboxylic acids is 1. The fourth-order valence-electron chi connectivity index (χ4n) is 3.67. The Balaban J connectivity index is 1.81. The Morgan fingerprint density at radius 2 is 1.89 bits per heavy atom. The van der Waals surface area contributed by atoms with Crippen LogP contribution in [0, 0.1) is 17.8 Å². The average Bonchev–Trinajstić information content (AvgIpc) is 2.99. The lowest BCUT2D eigenvalue weighted by Crippen LogP contribution is -2.40. The predicted octanol–water partition coefficient (Wildman–Crippen LogP) is 2.25. The molecule has 3 nitrogen and oxygen atoms in total. The Bertz CT molecular complexity index is 452. The van der Waals surface area contributed by atoms with Crippen LogP contribution < -0.4 is 10.5 Å². The molecule has 2 N–H and O–H groups in total. The summed E-state index contributed by atoms with van der Waals surface area (Å²) < 4.78 is 5.11. The Morgan fingerprint density at radius 1 is 1.22 bits per heavy atom. The third-order valence-electron chi connectivity index (χ3n) is 4.66. The fourth-order valence-corrected chi connectivity index (χ4v) is 3.67. The van der Waals surface area contributed by atoms with E-state index in [1.54, 1.807) is 7.11 Å². The van der Waals surface area contributed by atoms with E-state index >= 15 is 0 Å². The molecule has 0 radical (unpaired) electrons. The van der Waals surface area contributed by atoms with Gasteiger partial charge in [0.25, 0.3) is 0 Å². The number of benzene rings is 1. The van der Waals surface area contributed by atoms with Crippen molar-refractivity contribution >= 4 is 5.78 Å². The number of rotatable bonds is 3. The molecule has 4 unspecified atom stereocenters. The molecule has 1 aromatic carbocycles. The van der Waals surface area contributed by atoms with Crippen molar-refractivity contribution in [2.75, 3.05) is 7.11 Å². The number of carbonyl (C=O) groups is 1. The highest BCUT2D eigenvalue weighted by molar-refractivity contribution is 5.99. The molecular weight excluding hydrogens is 226 g/mol. The van der Waals surface area contributed by atoms with Gasteiger partial charge in [-0.15, -0.1) is 0 Å². The minimum atomic E-state index is 0.0390. The van der Waals surface area contributed by atoms with Gasteiger partial charge in [-0.2, -0.15) is 0 Å². The first-order valence-corrected chi connectivity index (χ1v) is 6.64. The summed E-state index contributed by atoms with van der Waals surface area (Å²) in [7, 11) is 1.63. The van der Waals surface area contributed by atoms with Gasteiger partial charge in [-0.3, -0.25) is 4.79 Å². The lowest BCUT2D eigenvalue weighted by Gasteiger charge is -2.26. The molecule has 3 rings (SSSR count). The molecule has 0 saturated heterocycles. The molecule has 2 fully saturated rings. The van der Waals surface area contributed by atoms with E-state index in [9.17, 15) is 4.79 Å². The zero-order chi connectivity index (χ0) is 12.7. The summed E-state index contributed by atoms with van der Waals surface area (Å²) in [5, 5.41) is 0. The van der Waals surface area contributed by atoms with Crippen molar-refractivity contribution in [1.29, 1.82) is 0 Å². The zero-order valence-electron chi connectivity index (χ0n) is 10.6. The first-order chi connectivity index (χ1) is 8.70. The molecule has 2 aliphatic carbocycles. The molecule has 0 aliphatic heterocycles. The maximum Gasteiger partial charge on any atom is 0.167 e. The van der Waals surface area contributed by atoms with E-state index in [4.69, 9.17) is 10.5 Å². The number of nitrogens with two attached hydrogens (primary N) is 1. The van der Waals surface area contributed by atoms with E-state index < -0.39 is 0 Å². The second kappa shape index (κ2) is 4.39. The predicted molar refractivity (Wildman–Crippen MR) is 69.6 cm³/mol. The molecule has 0 heterocycles. The van der Waals surface area contributed by atoms with Gasteiger partial charge in [0.15, 0.2) is 5.78 Å². The largest absolute Gasteiger partial charge is 0.497 e. The van der Waals surface area contributed by atoms with Crippen LogP contribution in [-0.4, -0.2) is 18.9 Å². The van der Waals surface area contributed by atoms with Crippen molar-refractivity contribution < 1.29 is 9.53 Å². The molecule has 2 saturated carbocycles. The lowest BCUT2D eigenvalue weighted by molar-refractivity contribution is 0.0856. The molecule has 96 valence electrons. The van der Waals surface area contributed by atoms with Gasteiger partial charge in [0.2, 0.25) is 0 Å². The van der Waals surface area contributed by atoms with Crippen molar-refractivity contribution in [2.24, 2.45) is 23.5 Å². The van der Waals surface area contributed by atoms with Crippen LogP contribution >= 0.6 is 0 Å². The van der Waals surface area contributed by atoms with E-state index in [1.165, 1.54) is 12.8 Å². The number of hydrogen-bond donors (Lipinski definition) is 1. The van der Waals surface area contributed by atoms with Gasteiger partial charge in [-0.05, 0) is 55.4 Å². The summed E-state index contributed by atoms with van der Waals surface area (Å²) >= 11 is 0. The van der Waals surface area contributed by atoms with E-state index in [0.717, 1.165) is 17.7 Å². The summed E-state index contributed by atoms with van der Waals surface area (Å²) in [5.74, 6) is 2.13. The van der Waals surface area contributed by atoms with E-state index in [1.807, 2.05) is 24.3 Å². The first-order valence-electron chi connectivity index (χ1n) is 6.64. The van der Waals surface area contributed by atoms with Crippen LogP contribution in [0.15, 0.2) is 24.3 Å². The number of methoxy groups -OCH3 is 1. The Morgan fingerprint density at radius 3 is 2.44 bits per heavy atom. The Hall–Kier alpha value is -1.35. The quantitative estimate of drug-likeness (QED) is 0.831. The van der Waals surface area contributed by atoms with Crippen molar-refractivity contribution in [3.63, 3.8) is 0 Å². The number of ether oxygens (including phenoxy) is 1. The summed E-state index contributed by atoms with van der Waals surface area (Å²) in [6.45, 7) is 0. The van der Waals surface area contributed by atoms with E-state index in [0.29, 0.717) is 11.8 Å². The van der Waals surface area contributed by atoms with Crippen LogP contribution in [0.5, 0.6) is 5.75 Å². The van der Waals surface area contributed by atoms with Crippen molar-refractivity contribution in [3.8, 4) is 5.75 Å². The van der Waals surface area contributed by atoms with E-state index in [-0.39, 0.29) is 17.7 Å². The van der Waals surface area contributed by atoms with Crippen LogP contribution in [0.3, 0.4) is 0 Å². The number of fused-ring (bicyclic) bond motifs is 2. The monoisotopic (exact) mass is 245 g/mol. The number of Topliss-reactive ketones (excluding diaryl/α,β-unsaturated/α-hetero) is 1. The highest BCUT2D eigenvalue weighted by Gasteiger charge is 2.48. The number of hydrogen-bond acceptors (Lipinski definition) is 3. The topological polar surface area (TPSA) is 52.3 Å². The molecule has 2 bridgehead atoms. The van der Waals surface area contributed by atoms with Crippen molar-refractivity contribution in [2.45, 2.75) is 25.3 Å². The van der Waals surface area contributed by atoms with Gasteiger partial charge in [0, 0.05) is 17.5 Å². The second-order valence-corrected chi connectivity index (χ2v) is 5.53. The second-order valence-electron chi connectivity index (χ2n) is 5.53. The number of ketones is 1. The van der Waals surface area contributed by atoms with Gasteiger partial charge >= 0.3 is 0 Å². The van der Waals surface area contributed by atoms with Crippen molar-refractivity contribution in [3.05, 3.63) is 29.8 Å². The molecule has 0 aromatic heterocycles. The normalized spacial score (nSPS) is 33.7. The summed E-state index contributed by atoms with van der Waals surface area (Å²) in [5.41, 5.74) is 6.98. The van der Waals surface area contributed by atoms with E-state index in [2.05, 4.69) is 0 Å². The maximum atomic E-state index is 12.5. The standard InChI is InChI=1S/C15H19NO2/c1-18-12-6-4-9(5-7-12)15(17)13-10-2-3-11(8-10)14(13)16/h4-7,10-11,13-14H,2-3,8,16H2,1H3. The third kappa shape index (κ3) is 1.74. The molecule has 1 aromatic rings.